The van der Waals surface area contributed by atoms with E-state index < -0.39 is 15.9 Å². The first kappa shape index (κ1) is 15.3. The Morgan fingerprint density at radius 3 is 2.25 bits per heavy atom. The summed E-state index contributed by atoms with van der Waals surface area (Å²) in [6, 6.07) is 6.09. The maximum absolute atomic E-state index is 11.1. The number of benzene rings is 1. The third kappa shape index (κ3) is 3.15. The van der Waals surface area contributed by atoms with Crippen LogP contribution in [0.1, 0.15) is 17.3 Å². The number of hydrogen-bond acceptors (Lipinski definition) is 4. The van der Waals surface area contributed by atoms with Crippen LogP contribution in [-0.2, 0) is 14.8 Å². The van der Waals surface area contributed by atoms with Crippen molar-refractivity contribution < 1.29 is 18.0 Å². The molecule has 0 atom stereocenters. The van der Waals surface area contributed by atoms with Gasteiger partial charge < -0.3 is 4.79 Å². The molecule has 0 fully saturated rings. The van der Waals surface area contributed by atoms with Crippen molar-refractivity contribution in [2.24, 2.45) is 0 Å². The molecule has 0 aliphatic carbocycles. The third-order valence-corrected chi connectivity index (χ3v) is 3.04. The zero-order valence-corrected chi connectivity index (χ0v) is 8.74. The van der Waals surface area contributed by atoms with Crippen molar-refractivity contribution in [1.82, 2.24) is 4.72 Å². The van der Waals surface area contributed by atoms with Crippen LogP contribution < -0.4 is 4.72 Å². The van der Waals surface area contributed by atoms with Crippen LogP contribution >= 0.6 is 0 Å². The summed E-state index contributed by atoms with van der Waals surface area (Å²) >= 11 is 0. The number of sulfonamides is 1. The number of carbonyl (C=O) groups excluding carboxylic acids is 2. The van der Waals surface area contributed by atoms with E-state index in [-0.39, 0.29) is 40.0 Å². The SMILES string of the molecule is CC=O.O=C1NS(=O)(=O)c2ccccc21.[NaH]. The van der Waals surface area contributed by atoms with Gasteiger partial charge in [-0.1, -0.05) is 12.1 Å². The second-order valence-corrected chi connectivity index (χ2v) is 4.32. The Bertz CT molecular complexity index is 498. The van der Waals surface area contributed by atoms with Gasteiger partial charge in [-0.3, -0.25) is 4.79 Å². The van der Waals surface area contributed by atoms with Gasteiger partial charge in [0.1, 0.15) is 11.2 Å². The second-order valence-electron chi connectivity index (χ2n) is 2.67. The molecular formula is C9H10NNaO4S. The molecule has 2 rings (SSSR count). The molecule has 1 aromatic rings. The third-order valence-electron chi connectivity index (χ3n) is 1.65. The van der Waals surface area contributed by atoms with Gasteiger partial charge >= 0.3 is 29.6 Å². The molecule has 1 heterocycles. The number of rotatable bonds is 0. The molecule has 16 heavy (non-hydrogen) atoms. The first-order valence-electron chi connectivity index (χ1n) is 4.09. The Labute approximate surface area is 116 Å². The van der Waals surface area contributed by atoms with Crippen molar-refractivity contribution in [3.8, 4) is 0 Å². The first-order chi connectivity index (χ1) is 7.03. The summed E-state index contributed by atoms with van der Waals surface area (Å²) in [4.78, 5) is 19.9. The summed E-state index contributed by atoms with van der Waals surface area (Å²) in [6.07, 6.45) is 0.750. The van der Waals surface area contributed by atoms with E-state index in [1.807, 2.05) is 4.72 Å². The van der Waals surface area contributed by atoms with Crippen molar-refractivity contribution in [3.63, 3.8) is 0 Å². The molecular weight excluding hydrogens is 241 g/mol. The van der Waals surface area contributed by atoms with Gasteiger partial charge in [0.05, 0.1) is 5.56 Å². The van der Waals surface area contributed by atoms with E-state index in [1.165, 1.54) is 19.1 Å². The molecule has 0 aromatic heterocycles. The van der Waals surface area contributed by atoms with Gasteiger partial charge in [-0.2, -0.15) is 0 Å². The standard InChI is InChI=1S/C7H5NO3S.C2H4O.Na.H/c9-7-5-3-1-2-4-6(5)12(10,11)8-7;1-2-3;;/h1-4H,(H,8,9);2H,1H3;;. The molecule has 1 aliphatic rings. The molecule has 0 saturated carbocycles. The van der Waals surface area contributed by atoms with Gasteiger partial charge in [0.15, 0.2) is 0 Å². The minimum atomic E-state index is -3.55. The maximum atomic E-state index is 11.1. The van der Waals surface area contributed by atoms with Crippen molar-refractivity contribution in [1.29, 1.82) is 0 Å². The van der Waals surface area contributed by atoms with Gasteiger partial charge in [-0.15, -0.1) is 0 Å². The van der Waals surface area contributed by atoms with Gasteiger partial charge in [-0.05, 0) is 19.1 Å². The fourth-order valence-corrected chi connectivity index (χ4v) is 2.29. The van der Waals surface area contributed by atoms with Crippen LogP contribution in [0.3, 0.4) is 0 Å². The molecule has 0 radical (unpaired) electrons. The van der Waals surface area contributed by atoms with Crippen LogP contribution in [0, 0.1) is 0 Å². The van der Waals surface area contributed by atoms with E-state index in [0.717, 1.165) is 6.29 Å². The first-order valence-corrected chi connectivity index (χ1v) is 5.57. The average molecular weight is 251 g/mol. The zero-order valence-electron chi connectivity index (χ0n) is 7.93. The Kier molecular flexibility index (Phi) is 5.88. The van der Waals surface area contributed by atoms with Crippen LogP contribution in [-0.4, -0.2) is 50.2 Å². The zero-order chi connectivity index (χ0) is 11.5. The summed E-state index contributed by atoms with van der Waals surface area (Å²) < 4.78 is 24.2. The van der Waals surface area contributed by atoms with Crippen LogP contribution in [0.25, 0.3) is 0 Å². The van der Waals surface area contributed by atoms with E-state index >= 15 is 0 Å². The van der Waals surface area contributed by atoms with Crippen molar-refractivity contribution in [3.05, 3.63) is 29.8 Å². The molecule has 0 saturated heterocycles. The normalized spacial score (nSPS) is 14.7. The van der Waals surface area contributed by atoms with E-state index in [2.05, 4.69) is 0 Å². The van der Waals surface area contributed by atoms with Gasteiger partial charge in [-0.25, -0.2) is 13.1 Å². The second kappa shape index (κ2) is 6.15. The number of hydrogen-bond donors (Lipinski definition) is 1. The molecule has 1 aromatic carbocycles. The number of nitrogens with one attached hydrogen (secondary N) is 1. The summed E-state index contributed by atoms with van der Waals surface area (Å²) in [5.74, 6) is -0.550. The molecule has 0 bridgehead atoms. The Morgan fingerprint density at radius 2 is 1.75 bits per heavy atom. The fraction of sp³-hybridized carbons (Fsp3) is 0.111. The minimum absolute atomic E-state index is 0. The van der Waals surface area contributed by atoms with E-state index in [4.69, 9.17) is 4.79 Å². The predicted octanol–water partition coefficient (Wildman–Crippen LogP) is -0.325. The van der Waals surface area contributed by atoms with Gasteiger partial charge in [0.2, 0.25) is 0 Å². The summed E-state index contributed by atoms with van der Waals surface area (Å²) in [7, 11) is -3.55. The Hall–Kier alpha value is -0.690. The molecule has 1 amide bonds. The fourth-order valence-electron chi connectivity index (χ4n) is 1.12. The van der Waals surface area contributed by atoms with Crippen molar-refractivity contribution in [2.75, 3.05) is 0 Å². The van der Waals surface area contributed by atoms with Crippen LogP contribution in [0.5, 0.6) is 0 Å². The molecule has 82 valence electrons. The van der Waals surface area contributed by atoms with E-state index in [1.54, 1.807) is 12.1 Å². The summed E-state index contributed by atoms with van der Waals surface area (Å²) in [5.41, 5.74) is 0.220. The van der Waals surface area contributed by atoms with Crippen LogP contribution in [0.4, 0.5) is 0 Å². The number of amides is 1. The monoisotopic (exact) mass is 251 g/mol. The quantitative estimate of drug-likeness (QED) is 0.506. The molecule has 5 nitrogen and oxygen atoms in total. The summed E-state index contributed by atoms with van der Waals surface area (Å²) in [5, 5.41) is 0. The van der Waals surface area contributed by atoms with E-state index in [9.17, 15) is 13.2 Å². The average Bonchev–Trinajstić information content (AvgIpc) is 2.40. The van der Waals surface area contributed by atoms with Crippen LogP contribution in [0.15, 0.2) is 29.2 Å². The molecule has 1 aliphatic heterocycles. The Morgan fingerprint density at radius 1 is 1.25 bits per heavy atom. The predicted molar refractivity (Wildman–Crippen MR) is 60.0 cm³/mol. The van der Waals surface area contributed by atoms with Gasteiger partial charge in [0.25, 0.3) is 15.9 Å². The molecule has 0 unspecified atom stereocenters. The molecule has 0 spiro atoms. The number of fused-ring (bicyclic) bond motifs is 1. The molecule has 1 N–H and O–H groups in total. The van der Waals surface area contributed by atoms with Crippen molar-refractivity contribution in [2.45, 2.75) is 11.8 Å². The Balaban J connectivity index is 0.000000511. The summed E-state index contributed by atoms with van der Waals surface area (Å²) in [6.45, 7) is 1.44. The van der Waals surface area contributed by atoms with Gasteiger partial charge in [0, 0.05) is 0 Å². The number of carbonyl (C=O) groups is 2. The number of aldehydes is 1. The molecule has 7 heteroatoms. The topological polar surface area (TPSA) is 80.3 Å². The van der Waals surface area contributed by atoms with Crippen LogP contribution in [0.2, 0.25) is 0 Å². The van der Waals surface area contributed by atoms with E-state index in [0.29, 0.717) is 0 Å². The van der Waals surface area contributed by atoms with Crippen molar-refractivity contribution >= 4 is 51.8 Å².